The molecule has 0 unspecified atom stereocenters. The van der Waals surface area contributed by atoms with Crippen molar-refractivity contribution in [3.8, 4) is 0 Å². The van der Waals surface area contributed by atoms with Gasteiger partial charge in [0.15, 0.2) is 0 Å². The molecule has 3 aliphatic heterocycles. The largest absolute Gasteiger partial charge is 0.379 e. The number of morpholine rings is 1. The number of piperazine rings is 2. The quantitative estimate of drug-likeness (QED) is 0.608. The zero-order valence-corrected chi connectivity index (χ0v) is 18.3. The van der Waals surface area contributed by atoms with Crippen LogP contribution in [0.1, 0.15) is 6.42 Å². The lowest BCUT2D eigenvalue weighted by Gasteiger charge is -2.37. The minimum absolute atomic E-state index is 0.211. The van der Waals surface area contributed by atoms with Crippen molar-refractivity contribution in [2.24, 2.45) is 0 Å². The number of hydrogen-bond donors (Lipinski definition) is 0. The van der Waals surface area contributed by atoms with Crippen molar-refractivity contribution in [2.75, 3.05) is 96.7 Å². The summed E-state index contributed by atoms with van der Waals surface area (Å²) in [6.07, 6.45) is 2.36. The summed E-state index contributed by atoms with van der Waals surface area (Å²) < 4.78 is 5.35. The van der Waals surface area contributed by atoms with Gasteiger partial charge in [0.2, 0.25) is 11.8 Å². The van der Waals surface area contributed by atoms with Crippen LogP contribution in [0.4, 0.5) is 5.82 Å². The molecule has 1 aromatic rings. The molecular weight excluding hydrogens is 396 g/mol. The Morgan fingerprint density at radius 2 is 1.48 bits per heavy atom. The number of rotatable bonds is 6. The molecule has 0 aromatic carbocycles. The number of pyridine rings is 1. The highest BCUT2D eigenvalue weighted by Gasteiger charge is 2.25. The van der Waals surface area contributed by atoms with Crippen molar-refractivity contribution in [1.29, 1.82) is 0 Å². The van der Waals surface area contributed by atoms with Gasteiger partial charge in [0.25, 0.3) is 0 Å². The maximum absolute atomic E-state index is 12.7. The van der Waals surface area contributed by atoms with Crippen LogP contribution >= 0.6 is 0 Å². The molecule has 2 amide bonds. The summed E-state index contributed by atoms with van der Waals surface area (Å²) in [7, 11) is 0. The lowest BCUT2D eigenvalue weighted by Crippen LogP contribution is -2.53. The SMILES string of the molecule is O=C(CCN1CCN(C(=O)CN2CCOCC2)CC1)N1CCN(c2ccccn2)CC1. The van der Waals surface area contributed by atoms with E-state index in [1.165, 1.54) is 0 Å². The summed E-state index contributed by atoms with van der Waals surface area (Å²) in [4.78, 5) is 40.2. The first kappa shape index (κ1) is 22.0. The van der Waals surface area contributed by atoms with Crippen LogP contribution in [-0.2, 0) is 14.3 Å². The second-order valence-electron chi connectivity index (χ2n) is 8.42. The number of carbonyl (C=O) groups is 2. The number of aromatic nitrogens is 1. The molecule has 0 aliphatic carbocycles. The molecule has 4 rings (SSSR count). The summed E-state index contributed by atoms with van der Waals surface area (Å²) in [6.45, 7) is 10.7. The molecule has 0 N–H and O–H groups in total. The number of nitrogens with zero attached hydrogens (tertiary/aromatic N) is 6. The van der Waals surface area contributed by atoms with Crippen LogP contribution in [0.25, 0.3) is 0 Å². The highest BCUT2D eigenvalue weighted by atomic mass is 16.5. The van der Waals surface area contributed by atoms with Crippen molar-refractivity contribution in [3.63, 3.8) is 0 Å². The van der Waals surface area contributed by atoms with Crippen LogP contribution in [0.5, 0.6) is 0 Å². The maximum Gasteiger partial charge on any atom is 0.236 e. The molecule has 0 atom stereocenters. The van der Waals surface area contributed by atoms with Gasteiger partial charge < -0.3 is 19.4 Å². The molecule has 4 heterocycles. The summed E-state index contributed by atoms with van der Waals surface area (Å²) in [5.41, 5.74) is 0. The number of ether oxygens (including phenoxy) is 1. The van der Waals surface area contributed by atoms with Crippen molar-refractivity contribution < 1.29 is 14.3 Å². The Morgan fingerprint density at radius 1 is 0.806 bits per heavy atom. The third-order valence-corrected chi connectivity index (χ3v) is 6.44. The van der Waals surface area contributed by atoms with E-state index in [0.29, 0.717) is 26.2 Å². The molecule has 0 radical (unpaired) electrons. The zero-order valence-electron chi connectivity index (χ0n) is 18.3. The van der Waals surface area contributed by atoms with E-state index in [2.05, 4.69) is 19.7 Å². The van der Waals surface area contributed by atoms with Crippen molar-refractivity contribution >= 4 is 17.6 Å². The normalized spacial score (nSPS) is 21.4. The lowest BCUT2D eigenvalue weighted by atomic mass is 10.2. The van der Waals surface area contributed by atoms with E-state index in [9.17, 15) is 9.59 Å². The van der Waals surface area contributed by atoms with Gasteiger partial charge in [0, 0.05) is 84.6 Å². The van der Waals surface area contributed by atoms with Gasteiger partial charge in [-0.1, -0.05) is 6.07 Å². The fraction of sp³-hybridized carbons (Fsp3) is 0.682. The molecule has 3 aliphatic rings. The second-order valence-corrected chi connectivity index (χ2v) is 8.42. The summed E-state index contributed by atoms with van der Waals surface area (Å²) in [5, 5.41) is 0. The highest BCUT2D eigenvalue weighted by Crippen LogP contribution is 2.13. The second kappa shape index (κ2) is 10.9. The molecule has 3 fully saturated rings. The summed E-state index contributed by atoms with van der Waals surface area (Å²) >= 11 is 0. The van der Waals surface area contributed by atoms with Gasteiger partial charge in [0.1, 0.15) is 5.82 Å². The Morgan fingerprint density at radius 3 is 2.16 bits per heavy atom. The van der Waals surface area contributed by atoms with E-state index in [-0.39, 0.29) is 11.8 Å². The lowest BCUT2D eigenvalue weighted by molar-refractivity contribution is -0.136. The van der Waals surface area contributed by atoms with E-state index >= 15 is 0 Å². The van der Waals surface area contributed by atoms with Gasteiger partial charge in [-0.05, 0) is 12.1 Å². The summed E-state index contributed by atoms with van der Waals surface area (Å²) in [6, 6.07) is 5.93. The number of carbonyl (C=O) groups excluding carboxylic acids is 2. The first-order valence-electron chi connectivity index (χ1n) is 11.4. The smallest absolute Gasteiger partial charge is 0.236 e. The van der Waals surface area contributed by atoms with Crippen LogP contribution in [0.15, 0.2) is 24.4 Å². The van der Waals surface area contributed by atoms with E-state index < -0.39 is 0 Å². The van der Waals surface area contributed by atoms with E-state index in [0.717, 1.165) is 77.8 Å². The molecule has 3 saturated heterocycles. The average molecular weight is 431 g/mol. The molecule has 0 saturated carbocycles. The van der Waals surface area contributed by atoms with Gasteiger partial charge in [-0.3, -0.25) is 19.4 Å². The predicted octanol–water partition coefficient (Wildman–Crippen LogP) is -0.403. The first-order chi connectivity index (χ1) is 15.2. The molecule has 1 aromatic heterocycles. The van der Waals surface area contributed by atoms with Gasteiger partial charge >= 0.3 is 0 Å². The van der Waals surface area contributed by atoms with Gasteiger partial charge in [-0.2, -0.15) is 0 Å². The van der Waals surface area contributed by atoms with Crippen molar-refractivity contribution in [1.82, 2.24) is 24.6 Å². The minimum Gasteiger partial charge on any atom is -0.379 e. The van der Waals surface area contributed by atoms with Crippen LogP contribution in [-0.4, -0.2) is 128 Å². The van der Waals surface area contributed by atoms with Crippen LogP contribution in [0.2, 0.25) is 0 Å². The maximum atomic E-state index is 12.7. The fourth-order valence-electron chi connectivity index (χ4n) is 4.41. The average Bonchev–Trinajstić information content (AvgIpc) is 2.84. The highest BCUT2D eigenvalue weighted by molar-refractivity contribution is 5.78. The molecule has 9 nitrogen and oxygen atoms in total. The summed E-state index contributed by atoms with van der Waals surface area (Å²) in [5.74, 6) is 1.42. The van der Waals surface area contributed by atoms with Crippen LogP contribution in [0, 0.1) is 0 Å². The van der Waals surface area contributed by atoms with Gasteiger partial charge in [-0.15, -0.1) is 0 Å². The van der Waals surface area contributed by atoms with Gasteiger partial charge in [0.05, 0.1) is 19.8 Å². The third-order valence-electron chi connectivity index (χ3n) is 6.44. The van der Waals surface area contributed by atoms with Crippen molar-refractivity contribution in [2.45, 2.75) is 6.42 Å². The van der Waals surface area contributed by atoms with Crippen molar-refractivity contribution in [3.05, 3.63) is 24.4 Å². The number of hydrogen-bond acceptors (Lipinski definition) is 7. The molecule has 0 bridgehead atoms. The standard InChI is InChI=1S/C22H34N6O3/c29-21(27-13-11-26(12-14-27)20-3-1-2-5-23-20)4-6-24-7-9-28(10-8-24)22(30)19-25-15-17-31-18-16-25/h1-3,5H,4,6-19H2. The zero-order chi connectivity index (χ0) is 21.5. The topological polar surface area (TPSA) is 72.5 Å². The van der Waals surface area contributed by atoms with Gasteiger partial charge in [-0.25, -0.2) is 4.98 Å². The molecule has 0 spiro atoms. The Bertz CT molecular complexity index is 711. The third kappa shape index (κ3) is 6.15. The fourth-order valence-corrected chi connectivity index (χ4v) is 4.41. The monoisotopic (exact) mass is 430 g/mol. The Balaban J connectivity index is 1.12. The molecular formula is C22H34N6O3. The predicted molar refractivity (Wildman–Crippen MR) is 118 cm³/mol. The Labute approximate surface area is 184 Å². The number of anilines is 1. The Kier molecular flexibility index (Phi) is 7.71. The number of amides is 2. The Hall–Kier alpha value is -2.23. The molecule has 31 heavy (non-hydrogen) atoms. The van der Waals surface area contributed by atoms with Crippen LogP contribution < -0.4 is 4.90 Å². The first-order valence-corrected chi connectivity index (χ1v) is 11.4. The van der Waals surface area contributed by atoms with Crippen LogP contribution in [0.3, 0.4) is 0 Å². The molecule has 170 valence electrons. The van der Waals surface area contributed by atoms with E-state index in [4.69, 9.17) is 4.74 Å². The molecule has 9 heteroatoms. The van der Waals surface area contributed by atoms with E-state index in [1.807, 2.05) is 34.2 Å². The van der Waals surface area contributed by atoms with E-state index in [1.54, 1.807) is 0 Å². The minimum atomic E-state index is 0.211.